The number of benzene rings is 1. The molecule has 106 valence electrons. The van der Waals surface area contributed by atoms with E-state index >= 15 is 0 Å². The second kappa shape index (κ2) is 7.60. The molecule has 0 aliphatic rings. The molecule has 1 aromatic carbocycles. The Morgan fingerprint density at radius 3 is 2.68 bits per heavy atom. The molecule has 1 aromatic rings. The number of rotatable bonds is 6. The van der Waals surface area contributed by atoms with Crippen LogP contribution in [0.4, 0.5) is 4.39 Å². The van der Waals surface area contributed by atoms with Crippen molar-refractivity contribution in [3.05, 3.63) is 34.1 Å². The summed E-state index contributed by atoms with van der Waals surface area (Å²) < 4.78 is 13.8. The zero-order valence-electron chi connectivity index (χ0n) is 11.5. The van der Waals surface area contributed by atoms with E-state index < -0.39 is 0 Å². The van der Waals surface area contributed by atoms with Gasteiger partial charge in [-0.05, 0) is 40.4 Å². The first-order chi connectivity index (χ1) is 8.91. The number of carbonyl (C=O) groups is 1. The minimum Gasteiger partial charge on any atom is -0.354 e. The summed E-state index contributed by atoms with van der Waals surface area (Å²) in [6.07, 6.45) is 0. The number of nitrogens with one attached hydrogen (secondary N) is 2. The van der Waals surface area contributed by atoms with Gasteiger partial charge in [0.05, 0.1) is 10.5 Å². The SMILES string of the molecule is CC(C)CNC(=O)C(C)NCc1cccc(F)c1Br. The Hall–Kier alpha value is -0.940. The van der Waals surface area contributed by atoms with Gasteiger partial charge in [0.2, 0.25) is 5.91 Å². The van der Waals surface area contributed by atoms with Crippen molar-refractivity contribution >= 4 is 21.8 Å². The van der Waals surface area contributed by atoms with Crippen LogP contribution in [0.2, 0.25) is 0 Å². The van der Waals surface area contributed by atoms with Crippen molar-refractivity contribution in [1.29, 1.82) is 0 Å². The van der Waals surface area contributed by atoms with E-state index in [2.05, 4.69) is 26.6 Å². The molecular weight excluding hydrogens is 311 g/mol. The smallest absolute Gasteiger partial charge is 0.236 e. The van der Waals surface area contributed by atoms with Gasteiger partial charge in [-0.3, -0.25) is 4.79 Å². The van der Waals surface area contributed by atoms with Gasteiger partial charge in [0, 0.05) is 13.1 Å². The average molecular weight is 331 g/mol. The van der Waals surface area contributed by atoms with E-state index in [4.69, 9.17) is 0 Å². The Labute approximate surface area is 122 Å². The van der Waals surface area contributed by atoms with Gasteiger partial charge < -0.3 is 10.6 Å². The maximum atomic E-state index is 13.3. The van der Waals surface area contributed by atoms with Gasteiger partial charge >= 0.3 is 0 Å². The van der Waals surface area contributed by atoms with Crippen molar-refractivity contribution in [2.24, 2.45) is 5.92 Å². The maximum Gasteiger partial charge on any atom is 0.236 e. The van der Waals surface area contributed by atoms with Gasteiger partial charge in [-0.15, -0.1) is 0 Å². The third-order valence-corrected chi connectivity index (χ3v) is 3.60. The Bertz CT molecular complexity index is 437. The Balaban J connectivity index is 2.47. The Morgan fingerprint density at radius 2 is 2.05 bits per heavy atom. The predicted octanol–water partition coefficient (Wildman–Crippen LogP) is 2.84. The summed E-state index contributed by atoms with van der Waals surface area (Å²) in [4.78, 5) is 11.8. The molecule has 0 heterocycles. The van der Waals surface area contributed by atoms with E-state index in [-0.39, 0.29) is 17.8 Å². The van der Waals surface area contributed by atoms with Gasteiger partial charge in [-0.1, -0.05) is 26.0 Å². The maximum absolute atomic E-state index is 13.3. The van der Waals surface area contributed by atoms with Crippen LogP contribution in [0.25, 0.3) is 0 Å². The second-order valence-corrected chi connectivity index (χ2v) is 5.75. The molecule has 5 heteroatoms. The third-order valence-electron chi connectivity index (χ3n) is 2.71. The zero-order valence-corrected chi connectivity index (χ0v) is 13.1. The topological polar surface area (TPSA) is 41.1 Å². The molecule has 1 unspecified atom stereocenters. The minimum atomic E-state index is -0.311. The molecule has 0 radical (unpaired) electrons. The van der Waals surface area contributed by atoms with Gasteiger partial charge in [-0.25, -0.2) is 4.39 Å². The third kappa shape index (κ3) is 5.28. The molecule has 1 atom stereocenters. The number of halogens is 2. The van der Waals surface area contributed by atoms with Crippen LogP contribution in [0.5, 0.6) is 0 Å². The molecule has 0 aliphatic heterocycles. The molecule has 0 aliphatic carbocycles. The molecule has 19 heavy (non-hydrogen) atoms. The van der Waals surface area contributed by atoms with E-state index in [1.165, 1.54) is 6.07 Å². The lowest BCUT2D eigenvalue weighted by atomic mass is 10.2. The molecule has 0 saturated heterocycles. The first-order valence-corrected chi connectivity index (χ1v) is 7.15. The molecule has 0 aromatic heterocycles. The van der Waals surface area contributed by atoms with Crippen molar-refractivity contribution in [1.82, 2.24) is 10.6 Å². The molecule has 0 spiro atoms. The first-order valence-electron chi connectivity index (χ1n) is 6.35. The molecule has 1 rings (SSSR count). The van der Waals surface area contributed by atoms with E-state index in [1.807, 2.05) is 19.9 Å². The van der Waals surface area contributed by atoms with Crippen LogP contribution in [0, 0.1) is 11.7 Å². The minimum absolute atomic E-state index is 0.0405. The first kappa shape index (κ1) is 16.1. The van der Waals surface area contributed by atoms with Gasteiger partial charge in [0.25, 0.3) is 0 Å². The number of hydrogen-bond donors (Lipinski definition) is 2. The van der Waals surface area contributed by atoms with E-state index in [9.17, 15) is 9.18 Å². The Morgan fingerprint density at radius 1 is 1.37 bits per heavy atom. The van der Waals surface area contributed by atoms with Crippen LogP contribution in [-0.4, -0.2) is 18.5 Å². The molecule has 0 saturated carbocycles. The van der Waals surface area contributed by atoms with Crippen LogP contribution in [-0.2, 0) is 11.3 Å². The van der Waals surface area contributed by atoms with Crippen LogP contribution in [0.15, 0.2) is 22.7 Å². The van der Waals surface area contributed by atoms with Crippen LogP contribution in [0.1, 0.15) is 26.3 Å². The molecule has 1 amide bonds. The predicted molar refractivity (Wildman–Crippen MR) is 78.2 cm³/mol. The number of amides is 1. The van der Waals surface area contributed by atoms with Crippen LogP contribution >= 0.6 is 15.9 Å². The van der Waals surface area contributed by atoms with E-state index in [0.717, 1.165) is 5.56 Å². The second-order valence-electron chi connectivity index (χ2n) is 4.95. The summed E-state index contributed by atoms with van der Waals surface area (Å²) in [6.45, 7) is 6.98. The molecule has 3 nitrogen and oxygen atoms in total. The largest absolute Gasteiger partial charge is 0.354 e. The standard InChI is InChI=1S/C14H20BrFN2O/c1-9(2)7-18-14(19)10(3)17-8-11-5-4-6-12(16)13(11)15/h4-6,9-10,17H,7-8H2,1-3H3,(H,18,19). The lowest BCUT2D eigenvalue weighted by Gasteiger charge is -2.15. The average Bonchev–Trinajstić information content (AvgIpc) is 2.37. The van der Waals surface area contributed by atoms with Crippen molar-refractivity contribution in [3.63, 3.8) is 0 Å². The Kier molecular flexibility index (Phi) is 6.45. The number of carbonyl (C=O) groups excluding carboxylic acids is 1. The summed E-state index contributed by atoms with van der Waals surface area (Å²) in [5.41, 5.74) is 0.795. The molecule has 2 N–H and O–H groups in total. The highest BCUT2D eigenvalue weighted by Crippen LogP contribution is 2.20. The van der Waals surface area contributed by atoms with Crippen LogP contribution in [0.3, 0.4) is 0 Å². The summed E-state index contributed by atoms with van der Waals surface area (Å²) in [5, 5.41) is 5.94. The van der Waals surface area contributed by atoms with Crippen LogP contribution < -0.4 is 10.6 Å². The summed E-state index contributed by atoms with van der Waals surface area (Å²) in [6, 6.07) is 4.56. The van der Waals surface area contributed by atoms with Crippen molar-refractivity contribution in [2.45, 2.75) is 33.4 Å². The summed E-state index contributed by atoms with van der Waals surface area (Å²) in [5.74, 6) is 0.0888. The normalized spacial score (nSPS) is 12.5. The highest BCUT2D eigenvalue weighted by molar-refractivity contribution is 9.10. The highest BCUT2D eigenvalue weighted by atomic mass is 79.9. The monoisotopic (exact) mass is 330 g/mol. The molecule has 0 bridgehead atoms. The fourth-order valence-electron chi connectivity index (χ4n) is 1.50. The van der Waals surface area contributed by atoms with Gasteiger partial charge in [0.15, 0.2) is 0 Å². The van der Waals surface area contributed by atoms with Crippen molar-refractivity contribution in [3.8, 4) is 0 Å². The summed E-state index contributed by atoms with van der Waals surface area (Å²) in [7, 11) is 0. The fraction of sp³-hybridized carbons (Fsp3) is 0.500. The molecule has 0 fully saturated rings. The van der Waals surface area contributed by atoms with E-state index in [1.54, 1.807) is 13.0 Å². The van der Waals surface area contributed by atoms with Gasteiger partial charge in [-0.2, -0.15) is 0 Å². The summed E-state index contributed by atoms with van der Waals surface area (Å²) >= 11 is 3.20. The zero-order chi connectivity index (χ0) is 14.4. The van der Waals surface area contributed by atoms with Crippen molar-refractivity contribution in [2.75, 3.05) is 6.54 Å². The lowest BCUT2D eigenvalue weighted by Crippen LogP contribution is -2.43. The quantitative estimate of drug-likeness (QED) is 0.842. The lowest BCUT2D eigenvalue weighted by molar-refractivity contribution is -0.122. The van der Waals surface area contributed by atoms with Gasteiger partial charge in [0.1, 0.15) is 5.82 Å². The number of hydrogen-bond acceptors (Lipinski definition) is 2. The van der Waals surface area contributed by atoms with E-state index in [0.29, 0.717) is 23.5 Å². The molecular formula is C14H20BrFN2O. The van der Waals surface area contributed by atoms with Crippen molar-refractivity contribution < 1.29 is 9.18 Å². The highest BCUT2D eigenvalue weighted by Gasteiger charge is 2.13. The fourth-order valence-corrected chi connectivity index (χ4v) is 1.90.